The zero-order valence-electron chi connectivity index (χ0n) is 10.6. The Hall–Kier alpha value is -1.11. The summed E-state index contributed by atoms with van der Waals surface area (Å²) in [4.78, 5) is 10.2. The lowest BCUT2D eigenvalue weighted by molar-refractivity contribution is 0.399. The van der Waals surface area contributed by atoms with Crippen LogP contribution in [0.15, 0.2) is 28.1 Å². The lowest BCUT2D eigenvalue weighted by Crippen LogP contribution is -2.03. The average molecular weight is 373 g/mol. The highest BCUT2D eigenvalue weighted by molar-refractivity contribution is 9.11. The van der Waals surface area contributed by atoms with Crippen molar-refractivity contribution in [2.24, 2.45) is 0 Å². The molecule has 104 valence electrons. The van der Waals surface area contributed by atoms with Crippen LogP contribution < -0.4 is 4.74 Å². The van der Waals surface area contributed by atoms with E-state index in [2.05, 4.69) is 32.0 Å². The van der Waals surface area contributed by atoms with Gasteiger partial charge in [-0.2, -0.15) is 4.98 Å². The van der Waals surface area contributed by atoms with Crippen LogP contribution in [0, 0.1) is 0 Å². The Balaban J connectivity index is 2.10. The van der Waals surface area contributed by atoms with E-state index in [1.807, 2.05) is 16.7 Å². The van der Waals surface area contributed by atoms with E-state index in [-0.39, 0.29) is 0 Å². The van der Waals surface area contributed by atoms with Crippen LogP contribution in [0.1, 0.15) is 10.7 Å². The number of fused-ring (bicyclic) bond motifs is 1. The minimum absolute atomic E-state index is 0.352. The molecule has 0 bridgehead atoms. The van der Waals surface area contributed by atoms with Gasteiger partial charge < -0.3 is 9.30 Å². The molecule has 3 heterocycles. The number of rotatable bonds is 4. The maximum absolute atomic E-state index is 6.00. The standard InChI is InChI=1S/C13H11BrClN3OS/c1-19-12-5-3-9-13(17-12)18(11(6-15)16-9)7-8-2-4-10(14)20-8/h2-5H,6-7H2,1H3. The molecule has 0 atom stereocenters. The summed E-state index contributed by atoms with van der Waals surface area (Å²) in [6.45, 7) is 0.703. The summed E-state index contributed by atoms with van der Waals surface area (Å²) in [5.74, 6) is 1.74. The lowest BCUT2D eigenvalue weighted by Gasteiger charge is -2.06. The third kappa shape index (κ3) is 2.55. The zero-order valence-corrected chi connectivity index (χ0v) is 13.8. The molecule has 0 spiro atoms. The molecule has 7 heteroatoms. The SMILES string of the molecule is COc1ccc2nc(CCl)n(Cc3ccc(Br)s3)c2n1. The van der Waals surface area contributed by atoms with Crippen LogP contribution in [-0.4, -0.2) is 21.6 Å². The number of hydrogen-bond donors (Lipinski definition) is 0. The van der Waals surface area contributed by atoms with Crippen molar-refractivity contribution in [3.05, 3.63) is 38.8 Å². The Kier molecular flexibility index (Phi) is 3.96. The summed E-state index contributed by atoms with van der Waals surface area (Å²) in [5, 5.41) is 0. The lowest BCUT2D eigenvalue weighted by atomic mass is 10.4. The highest BCUT2D eigenvalue weighted by Crippen LogP contribution is 2.26. The van der Waals surface area contributed by atoms with Gasteiger partial charge in [0.25, 0.3) is 0 Å². The summed E-state index contributed by atoms with van der Waals surface area (Å²) in [6, 6.07) is 7.82. The van der Waals surface area contributed by atoms with Crippen molar-refractivity contribution in [1.29, 1.82) is 0 Å². The van der Waals surface area contributed by atoms with Gasteiger partial charge in [0.05, 0.1) is 23.3 Å². The molecule has 0 radical (unpaired) electrons. The van der Waals surface area contributed by atoms with Gasteiger partial charge in [0.1, 0.15) is 11.3 Å². The number of hydrogen-bond acceptors (Lipinski definition) is 4. The normalized spacial score (nSPS) is 11.2. The van der Waals surface area contributed by atoms with Crippen LogP contribution in [0.2, 0.25) is 0 Å². The van der Waals surface area contributed by atoms with E-state index in [9.17, 15) is 0 Å². The predicted molar refractivity (Wildman–Crippen MR) is 84.8 cm³/mol. The van der Waals surface area contributed by atoms with Crippen LogP contribution >= 0.6 is 38.9 Å². The molecule has 0 N–H and O–H groups in total. The van der Waals surface area contributed by atoms with Crippen LogP contribution in [-0.2, 0) is 12.4 Å². The Morgan fingerprint density at radius 3 is 2.80 bits per heavy atom. The summed E-state index contributed by atoms with van der Waals surface area (Å²) in [6.07, 6.45) is 0. The van der Waals surface area contributed by atoms with E-state index >= 15 is 0 Å². The molecule has 0 aliphatic rings. The predicted octanol–water partition coefficient (Wildman–Crippen LogP) is 4.05. The molecule has 0 fully saturated rings. The van der Waals surface area contributed by atoms with Crippen LogP contribution in [0.4, 0.5) is 0 Å². The van der Waals surface area contributed by atoms with Crippen molar-refractivity contribution in [2.75, 3.05) is 7.11 Å². The number of nitrogens with zero attached hydrogens (tertiary/aromatic N) is 3. The molecule has 0 saturated heterocycles. The number of thiophene rings is 1. The molecule has 0 saturated carbocycles. The number of methoxy groups -OCH3 is 1. The molecule has 20 heavy (non-hydrogen) atoms. The van der Waals surface area contributed by atoms with Crippen molar-refractivity contribution < 1.29 is 4.74 Å². The van der Waals surface area contributed by atoms with Crippen molar-refractivity contribution in [1.82, 2.24) is 14.5 Å². The van der Waals surface area contributed by atoms with Gasteiger partial charge in [-0.1, -0.05) is 0 Å². The quantitative estimate of drug-likeness (QED) is 0.649. The van der Waals surface area contributed by atoms with Crippen molar-refractivity contribution in [2.45, 2.75) is 12.4 Å². The van der Waals surface area contributed by atoms with E-state index in [1.165, 1.54) is 4.88 Å². The van der Waals surface area contributed by atoms with Gasteiger partial charge in [0.2, 0.25) is 5.88 Å². The number of alkyl halides is 1. The highest BCUT2D eigenvalue weighted by Gasteiger charge is 2.13. The van der Waals surface area contributed by atoms with Crippen molar-refractivity contribution >= 4 is 50.0 Å². The maximum Gasteiger partial charge on any atom is 0.215 e. The van der Waals surface area contributed by atoms with Gasteiger partial charge in [0, 0.05) is 10.9 Å². The minimum Gasteiger partial charge on any atom is -0.481 e. The molecule has 0 amide bonds. The maximum atomic E-state index is 6.00. The van der Waals surface area contributed by atoms with E-state index in [0.717, 1.165) is 20.8 Å². The van der Waals surface area contributed by atoms with Crippen LogP contribution in [0.3, 0.4) is 0 Å². The first kappa shape index (κ1) is 13.9. The topological polar surface area (TPSA) is 39.9 Å². The minimum atomic E-state index is 0.352. The summed E-state index contributed by atoms with van der Waals surface area (Å²) < 4.78 is 8.32. The fraction of sp³-hybridized carbons (Fsp3) is 0.231. The molecule has 3 aromatic heterocycles. The second-order valence-electron chi connectivity index (χ2n) is 4.15. The molecular formula is C13H11BrClN3OS. The number of pyridine rings is 1. The average Bonchev–Trinajstić information content (AvgIpc) is 3.03. The molecule has 0 unspecified atom stereocenters. The van der Waals surface area contributed by atoms with Crippen LogP contribution in [0.5, 0.6) is 5.88 Å². The summed E-state index contributed by atoms with van der Waals surface area (Å²) >= 11 is 11.2. The van der Waals surface area contributed by atoms with Gasteiger partial charge in [-0.3, -0.25) is 0 Å². The van der Waals surface area contributed by atoms with E-state index < -0.39 is 0 Å². The third-order valence-corrected chi connectivity index (χ3v) is 4.76. The van der Waals surface area contributed by atoms with Gasteiger partial charge in [-0.05, 0) is 34.1 Å². The molecular weight excluding hydrogens is 362 g/mol. The number of halogens is 2. The highest BCUT2D eigenvalue weighted by atomic mass is 79.9. The van der Waals surface area contributed by atoms with Gasteiger partial charge in [0.15, 0.2) is 5.65 Å². The molecule has 4 nitrogen and oxygen atoms in total. The molecule has 0 aliphatic carbocycles. The molecule has 3 aromatic rings. The fourth-order valence-electron chi connectivity index (χ4n) is 2.01. The number of aromatic nitrogens is 3. The fourth-order valence-corrected chi connectivity index (χ4v) is 3.68. The van der Waals surface area contributed by atoms with Crippen molar-refractivity contribution in [3.8, 4) is 5.88 Å². The van der Waals surface area contributed by atoms with Crippen molar-refractivity contribution in [3.63, 3.8) is 0 Å². The largest absolute Gasteiger partial charge is 0.481 e. The van der Waals surface area contributed by atoms with E-state index in [0.29, 0.717) is 18.3 Å². The van der Waals surface area contributed by atoms with Gasteiger partial charge >= 0.3 is 0 Å². The summed E-state index contributed by atoms with van der Waals surface area (Å²) in [5.41, 5.74) is 1.63. The molecule has 0 aliphatic heterocycles. The third-order valence-electron chi connectivity index (χ3n) is 2.92. The van der Waals surface area contributed by atoms with Gasteiger partial charge in [-0.25, -0.2) is 4.98 Å². The Morgan fingerprint density at radius 2 is 2.15 bits per heavy atom. The monoisotopic (exact) mass is 371 g/mol. The zero-order chi connectivity index (χ0) is 14.1. The Bertz CT molecular complexity index is 755. The first-order valence-electron chi connectivity index (χ1n) is 5.91. The molecule has 0 aromatic carbocycles. The van der Waals surface area contributed by atoms with E-state index in [4.69, 9.17) is 16.3 Å². The molecule has 3 rings (SSSR count). The second kappa shape index (κ2) is 5.71. The number of imidazole rings is 1. The van der Waals surface area contributed by atoms with E-state index in [1.54, 1.807) is 24.5 Å². The van der Waals surface area contributed by atoms with Gasteiger partial charge in [-0.15, -0.1) is 22.9 Å². The summed E-state index contributed by atoms with van der Waals surface area (Å²) in [7, 11) is 1.60. The Morgan fingerprint density at radius 1 is 1.30 bits per heavy atom. The Labute approximate surface area is 133 Å². The van der Waals surface area contributed by atoms with Crippen LogP contribution in [0.25, 0.3) is 11.2 Å². The second-order valence-corrected chi connectivity index (χ2v) is 6.96. The number of ether oxygens (including phenoxy) is 1. The smallest absolute Gasteiger partial charge is 0.215 e. The first-order chi connectivity index (χ1) is 9.71. The first-order valence-corrected chi connectivity index (χ1v) is 8.06.